The number of rotatable bonds is 54. The molecule has 0 fully saturated rings. The molecule has 6 heteroatoms. The molecule has 0 radical (unpaired) electrons. The molecule has 6 nitrogen and oxygen atoms in total. The van der Waals surface area contributed by atoms with Gasteiger partial charge < -0.3 is 14.2 Å². The first-order valence-electron chi connectivity index (χ1n) is 29.4. The fourth-order valence-corrected chi connectivity index (χ4v) is 9.07. The molecule has 386 valence electrons. The standard InChI is InChI=1S/C59H114O6/c1-5-8-10-12-14-16-18-20-22-24-26-27-29-34-38-42-46-50-57(60)63-53-56(54-64-58(61)51-47-43-39-35-32-31-33-37-41-45-49-55(4)7-3)65-59(62)52-48-44-40-36-30-28-25-23-21-19-17-15-13-11-9-6-2/h55-56H,5-54H2,1-4H3/t55?,56-/m0/s1. The third kappa shape index (κ3) is 51.6. The molecule has 65 heavy (non-hydrogen) atoms. The second kappa shape index (κ2) is 53.4. The molecule has 0 saturated heterocycles. The number of hydrogen-bond acceptors (Lipinski definition) is 6. The van der Waals surface area contributed by atoms with E-state index in [1.807, 2.05) is 0 Å². The maximum absolute atomic E-state index is 12.9. The van der Waals surface area contributed by atoms with E-state index in [2.05, 4.69) is 27.7 Å². The van der Waals surface area contributed by atoms with Crippen LogP contribution >= 0.6 is 0 Å². The van der Waals surface area contributed by atoms with Crippen molar-refractivity contribution in [1.29, 1.82) is 0 Å². The maximum atomic E-state index is 12.9. The fraction of sp³-hybridized carbons (Fsp3) is 0.949. The highest BCUT2D eigenvalue weighted by atomic mass is 16.6. The van der Waals surface area contributed by atoms with Gasteiger partial charge in [-0.15, -0.1) is 0 Å². The minimum absolute atomic E-state index is 0.0619. The van der Waals surface area contributed by atoms with Crippen LogP contribution in [0.5, 0.6) is 0 Å². The predicted octanol–water partition coefficient (Wildman–Crippen LogP) is 19.4. The van der Waals surface area contributed by atoms with Gasteiger partial charge in [0.2, 0.25) is 0 Å². The molecule has 0 aliphatic rings. The van der Waals surface area contributed by atoms with Crippen molar-refractivity contribution < 1.29 is 28.6 Å². The third-order valence-electron chi connectivity index (χ3n) is 13.9. The maximum Gasteiger partial charge on any atom is 0.306 e. The Labute approximate surface area is 406 Å². The number of ether oxygens (including phenoxy) is 3. The van der Waals surface area contributed by atoms with Gasteiger partial charge in [0.15, 0.2) is 6.10 Å². The van der Waals surface area contributed by atoms with Crippen molar-refractivity contribution in [2.75, 3.05) is 13.2 Å². The normalized spacial score (nSPS) is 12.4. The average Bonchev–Trinajstić information content (AvgIpc) is 3.30. The van der Waals surface area contributed by atoms with E-state index in [4.69, 9.17) is 14.2 Å². The van der Waals surface area contributed by atoms with E-state index in [9.17, 15) is 14.4 Å². The minimum atomic E-state index is -0.762. The summed E-state index contributed by atoms with van der Waals surface area (Å²) in [5, 5.41) is 0. The van der Waals surface area contributed by atoms with Gasteiger partial charge in [0, 0.05) is 19.3 Å². The van der Waals surface area contributed by atoms with Gasteiger partial charge in [-0.05, 0) is 25.2 Å². The van der Waals surface area contributed by atoms with Crippen LogP contribution in [-0.2, 0) is 28.6 Å². The second-order valence-electron chi connectivity index (χ2n) is 20.5. The lowest BCUT2D eigenvalue weighted by Gasteiger charge is -2.18. The van der Waals surface area contributed by atoms with Gasteiger partial charge in [0.05, 0.1) is 0 Å². The van der Waals surface area contributed by atoms with Crippen molar-refractivity contribution in [2.45, 2.75) is 342 Å². The highest BCUT2D eigenvalue weighted by Gasteiger charge is 2.19. The first kappa shape index (κ1) is 63.4. The summed E-state index contributed by atoms with van der Waals surface area (Å²) in [6.07, 6.45) is 58.0. The Balaban J connectivity index is 4.30. The summed E-state index contributed by atoms with van der Waals surface area (Å²) in [5.41, 5.74) is 0. The van der Waals surface area contributed by atoms with E-state index in [1.54, 1.807) is 0 Å². The molecule has 0 bridgehead atoms. The molecule has 0 aliphatic heterocycles. The Morgan fingerprint density at radius 3 is 0.800 bits per heavy atom. The number of unbranched alkanes of at least 4 members (excludes halogenated alkanes) is 40. The van der Waals surface area contributed by atoms with Crippen LogP contribution in [-0.4, -0.2) is 37.2 Å². The third-order valence-corrected chi connectivity index (χ3v) is 13.9. The van der Waals surface area contributed by atoms with Crippen molar-refractivity contribution in [2.24, 2.45) is 5.92 Å². The smallest absolute Gasteiger partial charge is 0.306 e. The van der Waals surface area contributed by atoms with Crippen molar-refractivity contribution >= 4 is 17.9 Å². The van der Waals surface area contributed by atoms with Gasteiger partial charge in [-0.3, -0.25) is 14.4 Å². The van der Waals surface area contributed by atoms with Gasteiger partial charge in [-0.25, -0.2) is 0 Å². The summed E-state index contributed by atoms with van der Waals surface area (Å²) in [6, 6.07) is 0. The molecule has 0 rings (SSSR count). The summed E-state index contributed by atoms with van der Waals surface area (Å²) >= 11 is 0. The van der Waals surface area contributed by atoms with Crippen LogP contribution in [0.15, 0.2) is 0 Å². The van der Waals surface area contributed by atoms with Crippen LogP contribution in [0, 0.1) is 5.92 Å². The van der Waals surface area contributed by atoms with E-state index in [0.717, 1.165) is 63.7 Å². The summed E-state index contributed by atoms with van der Waals surface area (Å²) in [7, 11) is 0. The number of esters is 3. The number of carbonyl (C=O) groups excluding carboxylic acids is 3. The van der Waals surface area contributed by atoms with Crippen LogP contribution in [0.2, 0.25) is 0 Å². The van der Waals surface area contributed by atoms with E-state index >= 15 is 0 Å². The number of hydrogen-bond donors (Lipinski definition) is 0. The van der Waals surface area contributed by atoms with Gasteiger partial charge in [0.1, 0.15) is 13.2 Å². The summed E-state index contributed by atoms with van der Waals surface area (Å²) in [6.45, 7) is 9.08. The van der Waals surface area contributed by atoms with Crippen molar-refractivity contribution in [3.8, 4) is 0 Å². The predicted molar refractivity (Wildman–Crippen MR) is 280 cm³/mol. The lowest BCUT2D eigenvalue weighted by molar-refractivity contribution is -0.167. The monoisotopic (exact) mass is 919 g/mol. The Morgan fingerprint density at radius 2 is 0.538 bits per heavy atom. The quantitative estimate of drug-likeness (QED) is 0.0344. The lowest BCUT2D eigenvalue weighted by atomic mass is 9.99. The van der Waals surface area contributed by atoms with Crippen LogP contribution in [0.25, 0.3) is 0 Å². The molecule has 0 aromatic rings. The molecule has 0 aromatic carbocycles. The van der Waals surface area contributed by atoms with Gasteiger partial charge in [-0.2, -0.15) is 0 Å². The zero-order chi connectivity index (χ0) is 47.4. The molecule has 0 spiro atoms. The lowest BCUT2D eigenvalue weighted by Crippen LogP contribution is -2.30. The average molecular weight is 920 g/mol. The van der Waals surface area contributed by atoms with Crippen molar-refractivity contribution in [3.63, 3.8) is 0 Å². The first-order chi connectivity index (χ1) is 31.9. The van der Waals surface area contributed by atoms with E-state index in [0.29, 0.717) is 19.3 Å². The fourth-order valence-electron chi connectivity index (χ4n) is 9.07. The zero-order valence-corrected chi connectivity index (χ0v) is 44.5. The van der Waals surface area contributed by atoms with E-state index in [-0.39, 0.29) is 31.1 Å². The molecule has 0 heterocycles. The van der Waals surface area contributed by atoms with Crippen LogP contribution in [0.1, 0.15) is 336 Å². The van der Waals surface area contributed by atoms with Crippen LogP contribution in [0.4, 0.5) is 0 Å². The van der Waals surface area contributed by atoms with Crippen LogP contribution < -0.4 is 0 Å². The topological polar surface area (TPSA) is 78.9 Å². The molecular weight excluding hydrogens is 805 g/mol. The Hall–Kier alpha value is -1.59. The minimum Gasteiger partial charge on any atom is -0.462 e. The van der Waals surface area contributed by atoms with E-state index in [1.165, 1.54) is 231 Å². The Morgan fingerprint density at radius 1 is 0.308 bits per heavy atom. The van der Waals surface area contributed by atoms with Gasteiger partial charge in [0.25, 0.3) is 0 Å². The Bertz CT molecular complexity index is 982. The van der Waals surface area contributed by atoms with Gasteiger partial charge >= 0.3 is 17.9 Å². The molecule has 0 N–H and O–H groups in total. The Kier molecular flexibility index (Phi) is 52.1. The molecule has 0 saturated carbocycles. The molecule has 1 unspecified atom stereocenters. The largest absolute Gasteiger partial charge is 0.462 e. The van der Waals surface area contributed by atoms with Gasteiger partial charge in [-0.1, -0.05) is 297 Å². The molecular formula is C59H114O6. The first-order valence-corrected chi connectivity index (χ1v) is 29.4. The summed E-state index contributed by atoms with van der Waals surface area (Å²) < 4.78 is 16.9. The zero-order valence-electron chi connectivity index (χ0n) is 44.5. The molecule has 0 aromatic heterocycles. The van der Waals surface area contributed by atoms with Crippen molar-refractivity contribution in [3.05, 3.63) is 0 Å². The van der Waals surface area contributed by atoms with E-state index < -0.39 is 6.10 Å². The van der Waals surface area contributed by atoms with Crippen LogP contribution in [0.3, 0.4) is 0 Å². The summed E-state index contributed by atoms with van der Waals surface area (Å²) in [5.74, 6) is 0.0351. The second-order valence-corrected chi connectivity index (χ2v) is 20.5. The molecule has 0 amide bonds. The highest BCUT2D eigenvalue weighted by molar-refractivity contribution is 5.71. The molecule has 2 atom stereocenters. The van der Waals surface area contributed by atoms with Crippen molar-refractivity contribution in [1.82, 2.24) is 0 Å². The SMILES string of the molecule is CCCCCCCCCCCCCCCCCCCC(=O)OC[C@@H](COC(=O)CCCCCCCCCCCCC(C)CC)OC(=O)CCCCCCCCCCCCCCCCCC. The highest BCUT2D eigenvalue weighted by Crippen LogP contribution is 2.18. The summed E-state index contributed by atoms with van der Waals surface area (Å²) in [4.78, 5) is 38.2. The number of carbonyl (C=O) groups is 3. The molecule has 0 aliphatic carbocycles.